The van der Waals surface area contributed by atoms with Gasteiger partial charge < -0.3 is 20.4 Å². The molecule has 21 heavy (non-hydrogen) atoms. The van der Waals surface area contributed by atoms with E-state index in [1.54, 1.807) is 0 Å². The highest BCUT2D eigenvalue weighted by molar-refractivity contribution is 5.92. The zero-order valence-corrected chi connectivity index (χ0v) is 12.5. The lowest BCUT2D eigenvalue weighted by Gasteiger charge is -2.33. The van der Waals surface area contributed by atoms with Crippen LogP contribution in [0.5, 0.6) is 0 Å². The molecule has 0 saturated heterocycles. The molecule has 3 N–H and O–H groups in total. The Labute approximate surface area is 125 Å². The summed E-state index contributed by atoms with van der Waals surface area (Å²) < 4.78 is 0. The quantitative estimate of drug-likeness (QED) is 0.743. The SMILES string of the molecule is CCCC(=O)Nc1cccc2c1CCCN2CC(O)CO. The molecule has 0 radical (unpaired) electrons. The molecule has 0 bridgehead atoms. The summed E-state index contributed by atoms with van der Waals surface area (Å²) in [5, 5.41) is 21.7. The molecule has 1 heterocycles. The summed E-state index contributed by atoms with van der Waals surface area (Å²) in [4.78, 5) is 13.9. The van der Waals surface area contributed by atoms with Crippen molar-refractivity contribution in [3.8, 4) is 0 Å². The van der Waals surface area contributed by atoms with E-state index in [1.807, 2.05) is 25.1 Å². The molecule has 0 spiro atoms. The molecule has 0 aliphatic carbocycles. The number of nitrogens with one attached hydrogen (secondary N) is 1. The lowest BCUT2D eigenvalue weighted by molar-refractivity contribution is -0.116. The summed E-state index contributed by atoms with van der Waals surface area (Å²) in [5.41, 5.74) is 3.04. The minimum atomic E-state index is -0.741. The fourth-order valence-corrected chi connectivity index (χ4v) is 2.76. The molecule has 1 aliphatic heterocycles. The number of carbonyl (C=O) groups excluding carboxylic acids is 1. The summed E-state index contributed by atoms with van der Waals surface area (Å²) in [6, 6.07) is 5.86. The molecule has 5 heteroatoms. The molecule has 1 aliphatic rings. The van der Waals surface area contributed by atoms with Gasteiger partial charge in [0, 0.05) is 30.9 Å². The van der Waals surface area contributed by atoms with E-state index in [2.05, 4.69) is 10.2 Å². The Bertz CT molecular complexity index is 490. The van der Waals surface area contributed by atoms with Gasteiger partial charge in [-0.15, -0.1) is 0 Å². The normalized spacial score (nSPS) is 15.5. The van der Waals surface area contributed by atoms with Crippen molar-refractivity contribution in [1.82, 2.24) is 0 Å². The molecule has 0 fully saturated rings. The molecule has 0 aromatic heterocycles. The maximum atomic E-state index is 11.8. The summed E-state index contributed by atoms with van der Waals surface area (Å²) in [6.07, 6.45) is 2.51. The van der Waals surface area contributed by atoms with Gasteiger partial charge in [-0.2, -0.15) is 0 Å². The molecule has 1 amide bonds. The maximum absolute atomic E-state index is 11.8. The molecule has 1 aromatic rings. The smallest absolute Gasteiger partial charge is 0.224 e. The average molecular weight is 292 g/mol. The number of benzene rings is 1. The average Bonchev–Trinajstić information content (AvgIpc) is 2.48. The molecule has 1 atom stereocenters. The van der Waals surface area contributed by atoms with Crippen molar-refractivity contribution < 1.29 is 15.0 Å². The molecule has 2 rings (SSSR count). The van der Waals surface area contributed by atoms with E-state index in [-0.39, 0.29) is 12.5 Å². The second kappa shape index (κ2) is 7.43. The van der Waals surface area contributed by atoms with Crippen LogP contribution in [-0.4, -0.2) is 41.9 Å². The van der Waals surface area contributed by atoms with Crippen molar-refractivity contribution in [3.05, 3.63) is 23.8 Å². The molecule has 5 nitrogen and oxygen atoms in total. The number of nitrogens with zero attached hydrogens (tertiary/aromatic N) is 1. The summed E-state index contributed by atoms with van der Waals surface area (Å²) in [6.45, 7) is 3.02. The van der Waals surface area contributed by atoms with E-state index in [1.165, 1.54) is 0 Å². The summed E-state index contributed by atoms with van der Waals surface area (Å²) >= 11 is 0. The number of anilines is 2. The Balaban J connectivity index is 2.19. The molecule has 1 unspecified atom stereocenters. The van der Waals surface area contributed by atoms with Crippen LogP contribution in [0.1, 0.15) is 31.7 Å². The van der Waals surface area contributed by atoms with E-state index in [0.717, 1.165) is 42.7 Å². The van der Waals surface area contributed by atoms with Crippen LogP contribution in [0.4, 0.5) is 11.4 Å². The van der Waals surface area contributed by atoms with Gasteiger partial charge in [0.25, 0.3) is 0 Å². The predicted octanol–water partition coefficient (Wildman–Crippen LogP) is 1.53. The van der Waals surface area contributed by atoms with Crippen LogP contribution < -0.4 is 10.2 Å². The minimum Gasteiger partial charge on any atom is -0.394 e. The first-order valence-electron chi connectivity index (χ1n) is 7.61. The Morgan fingerprint density at radius 3 is 3.00 bits per heavy atom. The van der Waals surface area contributed by atoms with Crippen LogP contribution in [-0.2, 0) is 11.2 Å². The lowest BCUT2D eigenvalue weighted by atomic mass is 9.99. The number of carbonyl (C=O) groups is 1. The third-order valence-electron chi connectivity index (χ3n) is 3.74. The lowest BCUT2D eigenvalue weighted by Crippen LogP contribution is -2.38. The number of hydrogen-bond donors (Lipinski definition) is 3. The first-order chi connectivity index (χ1) is 10.2. The Morgan fingerprint density at radius 1 is 1.48 bits per heavy atom. The number of aliphatic hydroxyl groups excluding tert-OH is 2. The Morgan fingerprint density at radius 2 is 2.29 bits per heavy atom. The Kier molecular flexibility index (Phi) is 5.59. The van der Waals surface area contributed by atoms with Crippen molar-refractivity contribution in [2.24, 2.45) is 0 Å². The Hall–Kier alpha value is -1.59. The number of aliphatic hydroxyl groups is 2. The fourth-order valence-electron chi connectivity index (χ4n) is 2.76. The minimum absolute atomic E-state index is 0.0402. The van der Waals surface area contributed by atoms with Crippen molar-refractivity contribution in [3.63, 3.8) is 0 Å². The van der Waals surface area contributed by atoms with Gasteiger partial charge in [0.1, 0.15) is 0 Å². The topological polar surface area (TPSA) is 72.8 Å². The zero-order valence-electron chi connectivity index (χ0n) is 12.5. The third kappa shape index (κ3) is 3.95. The van der Waals surface area contributed by atoms with Gasteiger partial charge in [0.05, 0.1) is 12.7 Å². The number of rotatable bonds is 6. The van der Waals surface area contributed by atoms with Crippen LogP contribution in [0.2, 0.25) is 0 Å². The van der Waals surface area contributed by atoms with Crippen molar-refractivity contribution >= 4 is 17.3 Å². The van der Waals surface area contributed by atoms with Crippen LogP contribution in [0.15, 0.2) is 18.2 Å². The van der Waals surface area contributed by atoms with Gasteiger partial charge in [0.2, 0.25) is 5.91 Å². The van der Waals surface area contributed by atoms with E-state index in [0.29, 0.717) is 13.0 Å². The maximum Gasteiger partial charge on any atom is 0.224 e. The molecular formula is C16H24N2O3. The zero-order chi connectivity index (χ0) is 15.2. The largest absolute Gasteiger partial charge is 0.394 e. The molecule has 116 valence electrons. The fraction of sp³-hybridized carbons (Fsp3) is 0.562. The first-order valence-corrected chi connectivity index (χ1v) is 7.61. The van der Waals surface area contributed by atoms with E-state index in [4.69, 9.17) is 5.11 Å². The van der Waals surface area contributed by atoms with Gasteiger partial charge in [0.15, 0.2) is 0 Å². The third-order valence-corrected chi connectivity index (χ3v) is 3.74. The van der Waals surface area contributed by atoms with E-state index >= 15 is 0 Å². The monoisotopic (exact) mass is 292 g/mol. The van der Waals surface area contributed by atoms with Gasteiger partial charge in [-0.3, -0.25) is 4.79 Å². The second-order valence-electron chi connectivity index (χ2n) is 5.49. The number of amides is 1. The van der Waals surface area contributed by atoms with Crippen LogP contribution in [0.25, 0.3) is 0 Å². The second-order valence-corrected chi connectivity index (χ2v) is 5.49. The van der Waals surface area contributed by atoms with Crippen LogP contribution in [0, 0.1) is 0 Å². The molecular weight excluding hydrogens is 268 g/mol. The standard InChI is InChI=1S/C16H24N2O3/c1-2-5-16(21)17-14-7-3-8-15-13(14)6-4-9-18(15)10-12(20)11-19/h3,7-8,12,19-20H,2,4-6,9-11H2,1H3,(H,17,21). The number of β-amino-alcohol motifs (C(OH)–C–C–N with tert-alkyl or cyclic N) is 1. The highest BCUT2D eigenvalue weighted by Gasteiger charge is 2.21. The highest BCUT2D eigenvalue weighted by atomic mass is 16.3. The predicted molar refractivity (Wildman–Crippen MR) is 83.6 cm³/mol. The van der Waals surface area contributed by atoms with E-state index in [9.17, 15) is 9.90 Å². The van der Waals surface area contributed by atoms with Gasteiger partial charge in [-0.1, -0.05) is 13.0 Å². The highest BCUT2D eigenvalue weighted by Crippen LogP contribution is 2.33. The van der Waals surface area contributed by atoms with Crippen molar-refractivity contribution in [2.75, 3.05) is 29.9 Å². The molecule has 0 saturated carbocycles. The van der Waals surface area contributed by atoms with Gasteiger partial charge in [-0.05, 0) is 37.0 Å². The van der Waals surface area contributed by atoms with Crippen LogP contribution in [0.3, 0.4) is 0 Å². The summed E-state index contributed by atoms with van der Waals surface area (Å²) in [7, 11) is 0. The van der Waals surface area contributed by atoms with Crippen LogP contribution >= 0.6 is 0 Å². The van der Waals surface area contributed by atoms with Crippen molar-refractivity contribution in [1.29, 1.82) is 0 Å². The van der Waals surface area contributed by atoms with Gasteiger partial charge in [-0.25, -0.2) is 0 Å². The number of hydrogen-bond acceptors (Lipinski definition) is 4. The van der Waals surface area contributed by atoms with E-state index < -0.39 is 6.10 Å². The molecule has 1 aromatic carbocycles. The first kappa shape index (κ1) is 15.8. The summed E-state index contributed by atoms with van der Waals surface area (Å²) in [5.74, 6) is 0.0402. The number of fused-ring (bicyclic) bond motifs is 1. The van der Waals surface area contributed by atoms with Gasteiger partial charge >= 0.3 is 0 Å². The van der Waals surface area contributed by atoms with Crippen molar-refractivity contribution in [2.45, 2.75) is 38.7 Å².